The number of nitrogens with zero attached hydrogens (tertiary/aromatic N) is 4. The summed E-state index contributed by atoms with van der Waals surface area (Å²) in [5.41, 5.74) is 11.8. The van der Waals surface area contributed by atoms with Gasteiger partial charge in [-0.2, -0.15) is 0 Å². The molecular weight excluding hydrogens is 589 g/mol. The normalized spacial score (nSPS) is 17.0. The van der Waals surface area contributed by atoms with Crippen molar-refractivity contribution in [3.8, 4) is 11.8 Å². The molecule has 0 N–H and O–H groups in total. The lowest BCUT2D eigenvalue weighted by atomic mass is 9.90. The van der Waals surface area contributed by atoms with Gasteiger partial charge in [-0.3, -0.25) is 0 Å². The van der Waals surface area contributed by atoms with E-state index in [1.54, 1.807) is 0 Å². The van der Waals surface area contributed by atoms with E-state index in [1.807, 2.05) is 0 Å². The van der Waals surface area contributed by atoms with Gasteiger partial charge in [0, 0.05) is 21.5 Å². The van der Waals surface area contributed by atoms with Gasteiger partial charge in [0.25, 0.3) is 0 Å². The van der Waals surface area contributed by atoms with Crippen LogP contribution >= 0.6 is 0 Å². The van der Waals surface area contributed by atoms with Gasteiger partial charge >= 0.3 is 17.4 Å². The number of benzene rings is 5. The van der Waals surface area contributed by atoms with E-state index in [4.69, 9.17) is 4.74 Å². The fourth-order valence-corrected chi connectivity index (χ4v) is 10.3. The van der Waals surface area contributed by atoms with Crippen molar-refractivity contribution in [1.82, 2.24) is 8.80 Å². The number of para-hydroxylation sites is 3. The summed E-state index contributed by atoms with van der Waals surface area (Å²) in [6.45, 7) is 0. The Balaban J connectivity index is 1.37. The Hall–Kier alpha value is -6.46. The van der Waals surface area contributed by atoms with Crippen LogP contribution in [0.5, 0.6) is 11.8 Å². The van der Waals surface area contributed by atoms with E-state index >= 15 is 0 Å². The molecule has 6 aromatic heterocycles. The molecule has 9 heterocycles. The molecule has 5 nitrogen and oxygen atoms in total. The van der Waals surface area contributed by atoms with Crippen molar-refractivity contribution in [3.63, 3.8) is 0 Å². The second-order valence-electron chi connectivity index (χ2n) is 13.7. The van der Waals surface area contributed by atoms with Crippen LogP contribution in [0.4, 0.5) is 0 Å². The third kappa shape index (κ3) is 2.07. The first-order valence-corrected chi connectivity index (χ1v) is 16.6. The number of hydrogen-bond donors (Lipinski definition) is 0. The number of rotatable bonds is 0. The van der Waals surface area contributed by atoms with E-state index in [0.29, 0.717) is 0 Å². The lowest BCUT2D eigenvalue weighted by molar-refractivity contribution is -0.958. The number of fused-ring (bicyclic) bond motifs is 14. The zero-order valence-corrected chi connectivity index (χ0v) is 25.4. The zero-order chi connectivity index (χ0) is 30.6. The first-order chi connectivity index (χ1) is 23.9. The summed E-state index contributed by atoms with van der Waals surface area (Å²) in [6, 6.07) is 49.3. The van der Waals surface area contributed by atoms with Gasteiger partial charge in [0.05, 0.1) is 45.0 Å². The summed E-state index contributed by atoms with van der Waals surface area (Å²) in [6.07, 6.45) is 0. The quantitative estimate of drug-likeness (QED) is 0.124. The largest absolute Gasteiger partial charge is 0.428 e. The van der Waals surface area contributed by atoms with E-state index in [9.17, 15) is 0 Å². The highest BCUT2D eigenvalue weighted by atomic mass is 16.5. The molecule has 1 atom stereocenters. The Bertz CT molecular complexity index is 3440. The second kappa shape index (κ2) is 7.09. The smallest absolute Gasteiger partial charge is 0.348 e. The minimum absolute atomic E-state index is 0.695. The summed E-state index contributed by atoms with van der Waals surface area (Å²) in [7, 11) is 0. The van der Waals surface area contributed by atoms with Crippen LogP contribution < -0.4 is 13.9 Å². The number of hydrogen-bond acceptors (Lipinski definition) is 1. The first kappa shape index (κ1) is 23.0. The van der Waals surface area contributed by atoms with Crippen LogP contribution in [0, 0.1) is 0 Å². The van der Waals surface area contributed by atoms with Gasteiger partial charge in [-0.05, 0) is 47.2 Å². The Morgan fingerprint density at radius 3 is 1.62 bits per heavy atom. The average Bonchev–Trinajstić information content (AvgIpc) is 3.86. The van der Waals surface area contributed by atoms with Gasteiger partial charge in [0.15, 0.2) is 0 Å². The fourth-order valence-electron chi connectivity index (χ4n) is 10.3. The van der Waals surface area contributed by atoms with Gasteiger partial charge in [-0.25, -0.2) is 0 Å². The van der Waals surface area contributed by atoms with Gasteiger partial charge in [0.1, 0.15) is 22.2 Å². The molecule has 5 heteroatoms. The van der Waals surface area contributed by atoms with Crippen LogP contribution in [0.3, 0.4) is 0 Å². The third-order valence-corrected chi connectivity index (χ3v) is 11.8. The van der Waals surface area contributed by atoms with Crippen molar-refractivity contribution in [3.05, 3.63) is 145 Å². The second-order valence-corrected chi connectivity index (χ2v) is 13.7. The number of aromatic nitrogens is 4. The maximum absolute atomic E-state index is 6.99. The van der Waals surface area contributed by atoms with Crippen molar-refractivity contribution in [2.75, 3.05) is 0 Å². The van der Waals surface area contributed by atoms with Crippen molar-refractivity contribution in [1.29, 1.82) is 0 Å². The van der Waals surface area contributed by atoms with Crippen LogP contribution in [0.1, 0.15) is 11.1 Å². The van der Waals surface area contributed by atoms with Crippen molar-refractivity contribution in [2.45, 2.75) is 5.66 Å². The first-order valence-electron chi connectivity index (χ1n) is 16.6. The lowest BCUT2D eigenvalue weighted by Gasteiger charge is -2.24. The minimum atomic E-state index is -0.695. The molecule has 1 spiro atoms. The SMILES string of the molecule is c1ccc2c(c1)ccc1c2c2ccc3[n+]4c2c2c(c5ccccc5n12)C41c2c4ccccc4n4c5ccccc5c5ccc([n+]1c5c24)O3. The van der Waals surface area contributed by atoms with Gasteiger partial charge in [-0.15, -0.1) is 0 Å². The van der Waals surface area contributed by atoms with Gasteiger partial charge in [0.2, 0.25) is 11.0 Å². The summed E-state index contributed by atoms with van der Waals surface area (Å²) >= 11 is 0. The molecule has 48 heavy (non-hydrogen) atoms. The van der Waals surface area contributed by atoms with Crippen molar-refractivity contribution < 1.29 is 13.9 Å². The van der Waals surface area contributed by atoms with E-state index in [-0.39, 0.29) is 0 Å². The molecule has 0 amide bonds. The van der Waals surface area contributed by atoms with Crippen LogP contribution in [-0.2, 0) is 5.66 Å². The molecule has 11 aromatic rings. The topological polar surface area (TPSA) is 25.8 Å². The monoisotopic (exact) mass is 610 g/mol. The summed E-state index contributed by atoms with van der Waals surface area (Å²) in [5, 5.41) is 10.1. The van der Waals surface area contributed by atoms with Crippen LogP contribution in [-0.4, -0.2) is 8.80 Å². The molecule has 14 rings (SSSR count). The van der Waals surface area contributed by atoms with Crippen molar-refractivity contribution >= 4 is 87.2 Å². The number of pyridine rings is 4. The third-order valence-electron chi connectivity index (χ3n) is 11.8. The van der Waals surface area contributed by atoms with Crippen LogP contribution in [0.15, 0.2) is 133 Å². The molecule has 0 aliphatic carbocycles. The van der Waals surface area contributed by atoms with Crippen LogP contribution in [0.2, 0.25) is 0 Å². The highest BCUT2D eigenvalue weighted by Crippen LogP contribution is 2.56. The fraction of sp³-hybridized carbons (Fsp3) is 0.0233. The molecule has 3 aliphatic heterocycles. The Kier molecular flexibility index (Phi) is 3.39. The standard InChI is InChI=1S/C43H22N4O/c1-2-10-24-23(9-1)17-20-33-36(24)29-19-22-35-47-40(29)42-38(28-13-5-8-16-32(28)45(33)42)43(47)37-27-12-4-7-15-31(27)44-30-14-6-3-11-25(30)26-18-21-34(48-35)46(43)39(26)41(37)44/h1-22H/q+2. The molecule has 0 radical (unpaired) electrons. The predicted molar refractivity (Wildman–Crippen MR) is 189 cm³/mol. The van der Waals surface area contributed by atoms with Gasteiger partial charge < -0.3 is 13.5 Å². The van der Waals surface area contributed by atoms with E-state index in [0.717, 1.165) is 11.8 Å². The minimum Gasteiger partial charge on any atom is -0.348 e. The average molecular weight is 611 g/mol. The van der Waals surface area contributed by atoms with Crippen LogP contribution in [0.25, 0.3) is 87.2 Å². The van der Waals surface area contributed by atoms with Gasteiger partial charge in [-0.1, -0.05) is 94.1 Å². The Labute approximate surface area is 271 Å². The highest BCUT2D eigenvalue weighted by molar-refractivity contribution is 6.24. The van der Waals surface area contributed by atoms with E-state index in [2.05, 4.69) is 151 Å². The zero-order valence-electron chi connectivity index (χ0n) is 25.4. The molecule has 3 aliphatic rings. The maximum Gasteiger partial charge on any atom is 0.428 e. The molecular formula is C43H22N4O+2. The molecule has 5 aromatic carbocycles. The predicted octanol–water partition coefficient (Wildman–Crippen LogP) is 8.87. The molecule has 0 fully saturated rings. The molecule has 0 bridgehead atoms. The molecule has 0 saturated carbocycles. The maximum atomic E-state index is 6.99. The lowest BCUT2D eigenvalue weighted by Crippen LogP contribution is -2.74. The summed E-state index contributed by atoms with van der Waals surface area (Å²) in [5.74, 6) is 1.73. The summed E-state index contributed by atoms with van der Waals surface area (Å²) < 4.78 is 17.2. The summed E-state index contributed by atoms with van der Waals surface area (Å²) in [4.78, 5) is 0. The molecule has 218 valence electrons. The Morgan fingerprint density at radius 2 is 0.938 bits per heavy atom. The van der Waals surface area contributed by atoms with Crippen molar-refractivity contribution in [2.24, 2.45) is 0 Å². The molecule has 0 saturated heterocycles. The highest BCUT2D eigenvalue weighted by Gasteiger charge is 2.72. The molecule has 1 unspecified atom stereocenters. The van der Waals surface area contributed by atoms with E-state index < -0.39 is 5.66 Å². The van der Waals surface area contributed by atoms with E-state index in [1.165, 1.54) is 98.4 Å². The number of ether oxygens (including phenoxy) is 1. The Morgan fingerprint density at radius 1 is 0.417 bits per heavy atom.